The van der Waals surface area contributed by atoms with Crippen molar-refractivity contribution in [2.75, 3.05) is 19.0 Å². The number of carbonyl (C=O) groups excluding carboxylic acids is 2. The lowest BCUT2D eigenvalue weighted by Gasteiger charge is -2.27. The molecule has 0 spiro atoms. The van der Waals surface area contributed by atoms with Gasteiger partial charge in [0.05, 0.1) is 27.7 Å². The van der Waals surface area contributed by atoms with E-state index in [4.69, 9.17) is 0 Å². The third-order valence-corrected chi connectivity index (χ3v) is 8.06. The number of aryl methyl sites for hydroxylation is 1. The number of carbonyl (C=O) groups is 3. The Morgan fingerprint density at radius 3 is 2.23 bits per heavy atom. The first-order valence-electron chi connectivity index (χ1n) is 12.6. The molecular formula is C31H27N3O5S. The lowest BCUT2D eigenvalue weighted by molar-refractivity contribution is -0.130. The summed E-state index contributed by atoms with van der Waals surface area (Å²) in [5, 5.41) is 21.0. The van der Waals surface area contributed by atoms with Gasteiger partial charge in [-0.25, -0.2) is 9.78 Å². The zero-order chi connectivity index (χ0) is 28.6. The lowest BCUT2D eigenvalue weighted by atomic mass is 9.94. The zero-order valence-electron chi connectivity index (χ0n) is 22.2. The van der Waals surface area contributed by atoms with E-state index in [1.807, 2.05) is 73.6 Å². The van der Waals surface area contributed by atoms with Gasteiger partial charge in [0.2, 0.25) is 5.78 Å². The summed E-state index contributed by atoms with van der Waals surface area (Å²) in [4.78, 5) is 47.1. The van der Waals surface area contributed by atoms with Crippen LogP contribution in [0.1, 0.15) is 42.9 Å². The van der Waals surface area contributed by atoms with Gasteiger partial charge in [0.25, 0.3) is 5.91 Å². The van der Waals surface area contributed by atoms with Crippen molar-refractivity contribution in [3.8, 4) is 10.6 Å². The van der Waals surface area contributed by atoms with Crippen molar-refractivity contribution in [3.05, 3.63) is 117 Å². The topological polar surface area (TPSA) is 111 Å². The number of benzene rings is 3. The SMILES string of the molecule is Cc1nc(-c2ccccc2)sc1C(=O)C1=C(O)C(=O)N(Cc2ccc(C(=O)O)cc2)C1c1ccc(N(C)C)cc1. The van der Waals surface area contributed by atoms with Gasteiger partial charge >= 0.3 is 5.97 Å². The molecule has 9 heteroatoms. The Labute approximate surface area is 235 Å². The molecule has 8 nitrogen and oxygen atoms in total. The van der Waals surface area contributed by atoms with Gasteiger partial charge in [-0.05, 0) is 42.3 Å². The van der Waals surface area contributed by atoms with Crippen LogP contribution in [0.2, 0.25) is 0 Å². The van der Waals surface area contributed by atoms with Gasteiger partial charge in [-0.2, -0.15) is 0 Å². The van der Waals surface area contributed by atoms with Gasteiger partial charge < -0.3 is 20.0 Å². The molecule has 1 atom stereocenters. The van der Waals surface area contributed by atoms with Crippen molar-refractivity contribution >= 4 is 34.7 Å². The number of thiazole rings is 1. The van der Waals surface area contributed by atoms with E-state index in [-0.39, 0.29) is 17.7 Å². The highest BCUT2D eigenvalue weighted by molar-refractivity contribution is 7.17. The fourth-order valence-electron chi connectivity index (χ4n) is 4.73. The van der Waals surface area contributed by atoms with Crippen LogP contribution in [0.4, 0.5) is 5.69 Å². The van der Waals surface area contributed by atoms with E-state index in [2.05, 4.69) is 4.98 Å². The standard InChI is InChI=1S/C31H27N3O5S/c1-18-28(40-29(32-18)21-7-5-4-6-8-21)26(35)24-25(20-13-15-23(16-14-20)33(2)3)34(30(37)27(24)36)17-19-9-11-22(12-10-19)31(38)39/h4-16,25,36H,17H2,1-3H3,(H,38,39). The van der Waals surface area contributed by atoms with Crippen LogP contribution in [0.15, 0.2) is 90.2 Å². The molecule has 0 fully saturated rings. The van der Waals surface area contributed by atoms with E-state index >= 15 is 0 Å². The van der Waals surface area contributed by atoms with Crippen LogP contribution in [0, 0.1) is 6.92 Å². The number of hydrogen-bond acceptors (Lipinski definition) is 7. The van der Waals surface area contributed by atoms with Crippen LogP contribution < -0.4 is 4.90 Å². The molecule has 1 aromatic heterocycles. The van der Waals surface area contributed by atoms with E-state index < -0.39 is 29.5 Å². The van der Waals surface area contributed by atoms with E-state index in [1.54, 1.807) is 19.1 Å². The van der Waals surface area contributed by atoms with Crippen LogP contribution in [0.25, 0.3) is 10.6 Å². The highest BCUT2D eigenvalue weighted by atomic mass is 32.1. The van der Waals surface area contributed by atoms with Crippen LogP contribution in [0.3, 0.4) is 0 Å². The number of aliphatic hydroxyl groups excluding tert-OH is 1. The molecule has 1 amide bonds. The smallest absolute Gasteiger partial charge is 0.335 e. The number of rotatable bonds is 8. The van der Waals surface area contributed by atoms with Crippen molar-refractivity contribution in [1.29, 1.82) is 0 Å². The molecular weight excluding hydrogens is 526 g/mol. The monoisotopic (exact) mass is 553 g/mol. The summed E-state index contributed by atoms with van der Waals surface area (Å²) >= 11 is 1.23. The quantitative estimate of drug-likeness (QED) is 0.271. The van der Waals surface area contributed by atoms with E-state index in [0.29, 0.717) is 26.7 Å². The van der Waals surface area contributed by atoms with Crippen LogP contribution >= 0.6 is 11.3 Å². The summed E-state index contributed by atoms with van der Waals surface area (Å²) in [5.74, 6) is -2.77. The number of carboxylic acid groups (broad SMARTS) is 1. The van der Waals surface area contributed by atoms with Crippen molar-refractivity contribution < 1.29 is 24.6 Å². The summed E-state index contributed by atoms with van der Waals surface area (Å²) in [6.07, 6.45) is 0. The molecule has 5 rings (SSSR count). The Bertz CT molecular complexity index is 1620. The largest absolute Gasteiger partial charge is 0.503 e. The maximum absolute atomic E-state index is 14.0. The van der Waals surface area contributed by atoms with Crippen molar-refractivity contribution in [2.45, 2.75) is 19.5 Å². The number of hydrogen-bond donors (Lipinski definition) is 2. The molecule has 1 unspecified atom stereocenters. The Balaban J connectivity index is 1.56. The van der Waals surface area contributed by atoms with Gasteiger partial charge in [0.15, 0.2) is 5.76 Å². The maximum Gasteiger partial charge on any atom is 0.335 e. The summed E-state index contributed by atoms with van der Waals surface area (Å²) in [5.41, 5.74) is 3.78. The number of aliphatic hydroxyl groups is 1. The Hall–Kier alpha value is -4.76. The predicted octanol–water partition coefficient (Wildman–Crippen LogP) is 5.66. The summed E-state index contributed by atoms with van der Waals surface area (Å²) in [6, 6.07) is 22.3. The molecule has 0 aliphatic carbocycles. The predicted molar refractivity (Wildman–Crippen MR) is 154 cm³/mol. The molecule has 40 heavy (non-hydrogen) atoms. The number of ketones is 1. The van der Waals surface area contributed by atoms with Gasteiger partial charge in [0.1, 0.15) is 5.01 Å². The first-order chi connectivity index (χ1) is 19.2. The zero-order valence-corrected chi connectivity index (χ0v) is 23.0. The van der Waals surface area contributed by atoms with Gasteiger partial charge in [-0.15, -0.1) is 11.3 Å². The second kappa shape index (κ2) is 10.8. The first kappa shape index (κ1) is 26.8. The molecule has 0 bridgehead atoms. The molecule has 3 aromatic carbocycles. The molecule has 0 radical (unpaired) electrons. The van der Waals surface area contributed by atoms with Crippen LogP contribution in [-0.2, 0) is 11.3 Å². The third-order valence-electron chi connectivity index (χ3n) is 6.85. The number of nitrogens with zero attached hydrogens (tertiary/aromatic N) is 3. The maximum atomic E-state index is 14.0. The molecule has 202 valence electrons. The number of amides is 1. The Morgan fingerprint density at radius 2 is 1.62 bits per heavy atom. The summed E-state index contributed by atoms with van der Waals surface area (Å²) < 4.78 is 0. The third kappa shape index (κ3) is 4.99. The lowest BCUT2D eigenvalue weighted by Crippen LogP contribution is -2.30. The van der Waals surface area contributed by atoms with E-state index in [0.717, 1.165) is 11.3 Å². The second-order valence-electron chi connectivity index (χ2n) is 9.71. The normalized spacial score (nSPS) is 15.0. The summed E-state index contributed by atoms with van der Waals surface area (Å²) in [6.45, 7) is 1.81. The minimum Gasteiger partial charge on any atom is -0.503 e. The van der Waals surface area contributed by atoms with Crippen LogP contribution in [-0.4, -0.2) is 51.9 Å². The van der Waals surface area contributed by atoms with Gasteiger partial charge in [0, 0.05) is 31.9 Å². The minimum absolute atomic E-state index is 0.00359. The van der Waals surface area contributed by atoms with E-state index in [1.165, 1.54) is 28.4 Å². The molecule has 0 saturated heterocycles. The Kier molecular flexibility index (Phi) is 7.23. The molecule has 1 aliphatic heterocycles. The Morgan fingerprint density at radius 1 is 0.975 bits per heavy atom. The number of carboxylic acids is 1. The molecule has 2 heterocycles. The second-order valence-corrected chi connectivity index (χ2v) is 10.7. The highest BCUT2D eigenvalue weighted by Gasteiger charge is 2.44. The van der Waals surface area contributed by atoms with Crippen LogP contribution in [0.5, 0.6) is 0 Å². The number of aromatic carboxylic acids is 1. The fraction of sp³-hybridized carbons (Fsp3) is 0.161. The van der Waals surface area contributed by atoms with Crippen molar-refractivity contribution in [1.82, 2.24) is 9.88 Å². The average Bonchev–Trinajstić information content (AvgIpc) is 3.46. The number of aromatic nitrogens is 1. The minimum atomic E-state index is -1.05. The van der Waals surface area contributed by atoms with Gasteiger partial charge in [-0.1, -0.05) is 54.6 Å². The summed E-state index contributed by atoms with van der Waals surface area (Å²) in [7, 11) is 3.83. The van der Waals surface area contributed by atoms with Crippen molar-refractivity contribution in [3.63, 3.8) is 0 Å². The molecule has 0 saturated carbocycles. The molecule has 4 aromatic rings. The van der Waals surface area contributed by atoms with E-state index in [9.17, 15) is 24.6 Å². The molecule has 2 N–H and O–H groups in total. The van der Waals surface area contributed by atoms with Crippen molar-refractivity contribution in [2.24, 2.45) is 0 Å². The average molecular weight is 554 g/mol. The highest BCUT2D eigenvalue weighted by Crippen LogP contribution is 2.42. The number of anilines is 1. The fourth-order valence-corrected chi connectivity index (χ4v) is 5.76. The molecule has 1 aliphatic rings. The number of Topliss-reactive ketones (excluding diaryl/α,β-unsaturated/α-hetero) is 1. The van der Waals surface area contributed by atoms with Gasteiger partial charge in [-0.3, -0.25) is 9.59 Å². The first-order valence-corrected chi connectivity index (χ1v) is 13.4.